The van der Waals surface area contributed by atoms with Crippen molar-refractivity contribution in [2.75, 3.05) is 0 Å². The minimum Gasteiger partial charge on any atom is -0.324 e. The number of benzene rings is 1. The van der Waals surface area contributed by atoms with E-state index >= 15 is 0 Å². The second-order valence-corrected chi connectivity index (χ2v) is 6.87. The lowest BCUT2D eigenvalue weighted by molar-refractivity contribution is 0.563. The summed E-state index contributed by atoms with van der Waals surface area (Å²) in [4.78, 5) is 0. The van der Waals surface area contributed by atoms with Crippen molar-refractivity contribution in [3.8, 4) is 0 Å². The van der Waals surface area contributed by atoms with Crippen LogP contribution in [-0.4, -0.2) is 18.2 Å². The first-order valence-corrected chi connectivity index (χ1v) is 8.19. The van der Waals surface area contributed by atoms with Gasteiger partial charge in [0.05, 0.1) is 11.2 Å². The molecule has 6 nitrogen and oxygen atoms in total. The molecule has 0 saturated carbocycles. The van der Waals surface area contributed by atoms with Crippen molar-refractivity contribution >= 4 is 21.6 Å². The van der Waals surface area contributed by atoms with Gasteiger partial charge in [-0.05, 0) is 18.1 Å². The summed E-state index contributed by atoms with van der Waals surface area (Å²) in [6, 6.07) is 7.39. The van der Waals surface area contributed by atoms with Gasteiger partial charge >= 0.3 is 0 Å². The van der Waals surface area contributed by atoms with E-state index < -0.39 is 10.0 Å². The topological polar surface area (TPSA) is 90.0 Å². The van der Waals surface area contributed by atoms with Gasteiger partial charge in [-0.15, -0.1) is 0 Å². The average molecular weight is 329 g/mol. The van der Waals surface area contributed by atoms with Crippen LogP contribution < -0.4 is 10.5 Å². The van der Waals surface area contributed by atoms with E-state index in [-0.39, 0.29) is 22.6 Å². The molecule has 0 bridgehead atoms. The molecule has 0 aliphatic rings. The molecule has 1 heterocycles. The van der Waals surface area contributed by atoms with Crippen LogP contribution in [0.3, 0.4) is 0 Å². The molecule has 3 N–H and O–H groups in total. The number of hydrogen-bond acceptors (Lipinski definition) is 4. The highest BCUT2D eigenvalue weighted by atomic mass is 35.5. The number of nitrogens with one attached hydrogen (secondary N) is 1. The quantitative estimate of drug-likeness (QED) is 0.871. The molecule has 0 aliphatic carbocycles. The number of nitrogens with two attached hydrogens (primary N) is 1. The number of rotatable bonds is 5. The lowest BCUT2D eigenvalue weighted by Crippen LogP contribution is -2.25. The molecule has 2 rings (SSSR count). The third-order valence-corrected chi connectivity index (χ3v) is 4.98. The fourth-order valence-corrected chi connectivity index (χ4v) is 3.56. The highest BCUT2D eigenvalue weighted by Crippen LogP contribution is 2.20. The molecule has 1 aromatic carbocycles. The highest BCUT2D eigenvalue weighted by molar-refractivity contribution is 7.89. The van der Waals surface area contributed by atoms with E-state index in [0.29, 0.717) is 0 Å². The normalized spacial score (nSPS) is 13.3. The van der Waals surface area contributed by atoms with Gasteiger partial charge in [0.2, 0.25) is 0 Å². The van der Waals surface area contributed by atoms with Crippen LogP contribution in [-0.2, 0) is 23.6 Å². The molecule has 1 atom stereocenters. The first kappa shape index (κ1) is 16.0. The number of halogens is 1. The van der Waals surface area contributed by atoms with Gasteiger partial charge in [-0.3, -0.25) is 4.68 Å². The Balaban J connectivity index is 2.12. The van der Waals surface area contributed by atoms with E-state index in [1.165, 1.54) is 17.9 Å². The van der Waals surface area contributed by atoms with Crippen LogP contribution in [0.15, 0.2) is 35.5 Å². The maximum atomic E-state index is 12.2. The maximum Gasteiger partial charge on any atom is 0.259 e. The summed E-state index contributed by atoms with van der Waals surface area (Å²) in [6.45, 7) is 2.06. The zero-order valence-corrected chi connectivity index (χ0v) is 13.3. The Hall–Kier alpha value is -1.41. The second-order valence-electron chi connectivity index (χ2n) is 4.78. The van der Waals surface area contributed by atoms with Crippen LogP contribution >= 0.6 is 11.6 Å². The van der Waals surface area contributed by atoms with Crippen LogP contribution in [0.4, 0.5) is 0 Å². The molecule has 8 heteroatoms. The third-order valence-electron chi connectivity index (χ3n) is 3.07. The molecular formula is C13H17ClN4O2S. The van der Waals surface area contributed by atoms with Gasteiger partial charge in [-0.1, -0.05) is 35.9 Å². The molecule has 2 aromatic rings. The predicted octanol–water partition coefficient (Wildman–Crippen LogP) is 1.57. The molecular weight excluding hydrogens is 312 g/mol. The van der Waals surface area contributed by atoms with E-state index in [0.717, 1.165) is 11.1 Å². The maximum absolute atomic E-state index is 12.2. The molecule has 0 aliphatic heterocycles. The molecule has 114 valence electrons. The standard InChI is InChI=1S/C13H17ClN4O2S/c1-9(15)11-5-3-10(4-6-11)7-17-21(19,20)13-12(14)8-16-18(13)2/h3-6,8-9,17H,7,15H2,1-2H3. The van der Waals surface area contributed by atoms with Crippen molar-refractivity contribution < 1.29 is 8.42 Å². The van der Waals surface area contributed by atoms with Gasteiger partial charge in [0.1, 0.15) is 0 Å². The smallest absolute Gasteiger partial charge is 0.259 e. The van der Waals surface area contributed by atoms with Gasteiger partial charge in [-0.2, -0.15) is 5.10 Å². The van der Waals surface area contributed by atoms with Crippen LogP contribution in [0.2, 0.25) is 5.02 Å². The van der Waals surface area contributed by atoms with Crippen LogP contribution in [0.5, 0.6) is 0 Å². The highest BCUT2D eigenvalue weighted by Gasteiger charge is 2.22. The summed E-state index contributed by atoms with van der Waals surface area (Å²) in [5.41, 5.74) is 7.60. The Morgan fingerprint density at radius 1 is 1.38 bits per heavy atom. The molecule has 0 saturated heterocycles. The summed E-state index contributed by atoms with van der Waals surface area (Å²) in [5.74, 6) is 0. The number of aryl methyl sites for hydroxylation is 1. The summed E-state index contributed by atoms with van der Waals surface area (Å²) < 4.78 is 28.1. The summed E-state index contributed by atoms with van der Waals surface area (Å²) in [7, 11) is -2.18. The summed E-state index contributed by atoms with van der Waals surface area (Å²) in [6.07, 6.45) is 1.30. The van der Waals surface area contributed by atoms with Gasteiger partial charge < -0.3 is 5.73 Å². The Morgan fingerprint density at radius 3 is 2.48 bits per heavy atom. The first-order chi connectivity index (χ1) is 9.81. The van der Waals surface area contributed by atoms with E-state index in [1.54, 1.807) is 0 Å². The van der Waals surface area contributed by atoms with Crippen molar-refractivity contribution in [3.05, 3.63) is 46.6 Å². The Morgan fingerprint density at radius 2 is 2.00 bits per heavy atom. The van der Waals surface area contributed by atoms with E-state index in [1.807, 2.05) is 31.2 Å². The SMILES string of the molecule is CC(N)c1ccc(CNS(=O)(=O)c2c(Cl)cnn2C)cc1. The fourth-order valence-electron chi connectivity index (χ4n) is 1.89. The Bertz CT molecular complexity index is 704. The largest absolute Gasteiger partial charge is 0.324 e. The predicted molar refractivity (Wildman–Crippen MR) is 81.3 cm³/mol. The number of hydrogen-bond donors (Lipinski definition) is 2. The van der Waals surface area contributed by atoms with Crippen molar-refractivity contribution in [3.63, 3.8) is 0 Å². The van der Waals surface area contributed by atoms with Crippen molar-refractivity contribution in [1.29, 1.82) is 0 Å². The first-order valence-electron chi connectivity index (χ1n) is 6.33. The number of sulfonamides is 1. The molecule has 0 spiro atoms. The minimum absolute atomic E-state index is 0.0450. The zero-order valence-electron chi connectivity index (χ0n) is 11.7. The second kappa shape index (κ2) is 6.15. The Labute approximate surface area is 129 Å². The van der Waals surface area contributed by atoms with E-state index in [2.05, 4.69) is 9.82 Å². The van der Waals surface area contributed by atoms with Crippen LogP contribution in [0, 0.1) is 0 Å². The summed E-state index contributed by atoms with van der Waals surface area (Å²) >= 11 is 5.85. The van der Waals surface area contributed by atoms with E-state index in [4.69, 9.17) is 17.3 Å². The molecule has 1 aromatic heterocycles. The van der Waals surface area contributed by atoms with Gasteiger partial charge in [0, 0.05) is 19.6 Å². The van der Waals surface area contributed by atoms with Gasteiger partial charge in [0.25, 0.3) is 10.0 Å². The molecule has 21 heavy (non-hydrogen) atoms. The lowest BCUT2D eigenvalue weighted by Gasteiger charge is -2.09. The van der Waals surface area contributed by atoms with E-state index in [9.17, 15) is 8.42 Å². The van der Waals surface area contributed by atoms with Crippen molar-refractivity contribution in [2.45, 2.75) is 24.5 Å². The van der Waals surface area contributed by atoms with Crippen LogP contribution in [0.25, 0.3) is 0 Å². The molecule has 0 radical (unpaired) electrons. The Kier molecular flexibility index (Phi) is 4.67. The zero-order chi connectivity index (χ0) is 15.6. The monoisotopic (exact) mass is 328 g/mol. The third kappa shape index (κ3) is 3.62. The number of aromatic nitrogens is 2. The average Bonchev–Trinajstić information content (AvgIpc) is 2.77. The molecule has 0 amide bonds. The van der Waals surface area contributed by atoms with Gasteiger partial charge in [0.15, 0.2) is 5.03 Å². The molecule has 0 fully saturated rings. The fraction of sp³-hybridized carbons (Fsp3) is 0.308. The lowest BCUT2D eigenvalue weighted by atomic mass is 10.1. The van der Waals surface area contributed by atoms with Crippen LogP contribution in [0.1, 0.15) is 24.1 Å². The summed E-state index contributed by atoms with van der Waals surface area (Å²) in [5, 5.41) is 3.87. The van der Waals surface area contributed by atoms with Crippen molar-refractivity contribution in [2.24, 2.45) is 12.8 Å². The minimum atomic E-state index is -3.71. The number of nitrogens with zero attached hydrogens (tertiary/aromatic N) is 2. The molecule has 1 unspecified atom stereocenters. The van der Waals surface area contributed by atoms with Gasteiger partial charge in [-0.25, -0.2) is 13.1 Å². The van der Waals surface area contributed by atoms with Crippen molar-refractivity contribution in [1.82, 2.24) is 14.5 Å².